The maximum atomic E-state index is 14.8. The molecule has 2 atom stereocenters. The molecule has 0 spiro atoms. The van der Waals surface area contributed by atoms with Crippen LogP contribution in [0.4, 0.5) is 4.39 Å². The normalized spacial score (nSPS) is 22.7. The first kappa shape index (κ1) is 21.6. The SMILES string of the molecule is COC(=O)C1=C(C)N=C2SC=C(CC(=O)NCC3CCCO3)N2C1c1ccccc1F. The van der Waals surface area contributed by atoms with Crippen molar-refractivity contribution in [1.82, 2.24) is 10.2 Å². The van der Waals surface area contributed by atoms with E-state index in [4.69, 9.17) is 9.47 Å². The van der Waals surface area contributed by atoms with Gasteiger partial charge in [0.15, 0.2) is 5.17 Å². The third kappa shape index (κ3) is 4.38. The summed E-state index contributed by atoms with van der Waals surface area (Å²) in [5.74, 6) is -1.18. The first-order valence-electron chi connectivity index (χ1n) is 10.1. The van der Waals surface area contributed by atoms with Gasteiger partial charge in [-0.2, -0.15) is 0 Å². The van der Waals surface area contributed by atoms with Crippen LogP contribution in [0.2, 0.25) is 0 Å². The molecule has 1 amide bonds. The van der Waals surface area contributed by atoms with Crippen molar-refractivity contribution in [2.75, 3.05) is 20.3 Å². The molecule has 7 nitrogen and oxygen atoms in total. The number of benzene rings is 1. The predicted molar refractivity (Wildman–Crippen MR) is 115 cm³/mol. The molecule has 1 fully saturated rings. The molecule has 31 heavy (non-hydrogen) atoms. The minimum atomic E-state index is -0.770. The molecule has 1 aromatic carbocycles. The van der Waals surface area contributed by atoms with Crippen LogP contribution in [0.15, 0.2) is 51.6 Å². The highest BCUT2D eigenvalue weighted by molar-refractivity contribution is 8.16. The molecular weight excluding hydrogens is 421 g/mol. The van der Waals surface area contributed by atoms with E-state index in [2.05, 4.69) is 10.3 Å². The van der Waals surface area contributed by atoms with Gasteiger partial charge in [-0.25, -0.2) is 14.2 Å². The summed E-state index contributed by atoms with van der Waals surface area (Å²) in [5, 5.41) is 5.33. The fourth-order valence-electron chi connectivity index (χ4n) is 3.99. The molecule has 0 saturated carbocycles. The molecule has 1 aromatic rings. The molecule has 1 saturated heterocycles. The number of fused-ring (bicyclic) bond motifs is 1. The van der Waals surface area contributed by atoms with E-state index in [9.17, 15) is 14.0 Å². The Balaban J connectivity index is 1.61. The summed E-state index contributed by atoms with van der Waals surface area (Å²) in [4.78, 5) is 31.5. The number of thioether (sulfide) groups is 1. The number of esters is 1. The summed E-state index contributed by atoms with van der Waals surface area (Å²) in [6, 6.07) is 5.53. The second-order valence-corrected chi connectivity index (χ2v) is 8.36. The van der Waals surface area contributed by atoms with Crippen LogP contribution in [0.1, 0.15) is 37.8 Å². The van der Waals surface area contributed by atoms with E-state index in [0.29, 0.717) is 28.7 Å². The fraction of sp³-hybridized carbons (Fsp3) is 0.409. The van der Waals surface area contributed by atoms with Crippen molar-refractivity contribution in [2.24, 2.45) is 4.99 Å². The zero-order valence-corrected chi connectivity index (χ0v) is 18.2. The number of amides is 1. The van der Waals surface area contributed by atoms with Gasteiger partial charge in [-0.15, -0.1) is 0 Å². The topological polar surface area (TPSA) is 80.2 Å². The molecule has 4 rings (SSSR count). The van der Waals surface area contributed by atoms with Crippen LogP contribution < -0.4 is 5.32 Å². The Kier molecular flexibility index (Phi) is 6.43. The Morgan fingerprint density at radius 1 is 1.39 bits per heavy atom. The minimum absolute atomic E-state index is 0.0469. The molecule has 0 radical (unpaired) electrons. The number of hydrogen-bond donors (Lipinski definition) is 1. The van der Waals surface area contributed by atoms with Crippen LogP contribution in [0.5, 0.6) is 0 Å². The van der Waals surface area contributed by atoms with Gasteiger partial charge in [0.2, 0.25) is 5.91 Å². The molecule has 164 valence electrons. The lowest BCUT2D eigenvalue weighted by Crippen LogP contribution is -2.39. The number of carbonyl (C=O) groups is 2. The second-order valence-electron chi connectivity index (χ2n) is 7.52. The number of carbonyl (C=O) groups excluding carboxylic acids is 2. The number of hydrogen-bond acceptors (Lipinski definition) is 7. The third-order valence-electron chi connectivity index (χ3n) is 5.50. The second kappa shape index (κ2) is 9.23. The summed E-state index contributed by atoms with van der Waals surface area (Å²) in [6.07, 6.45) is 2.06. The lowest BCUT2D eigenvalue weighted by molar-refractivity contribution is -0.136. The van der Waals surface area contributed by atoms with Crippen LogP contribution in [-0.4, -0.2) is 48.3 Å². The van der Waals surface area contributed by atoms with Crippen LogP contribution in [0.25, 0.3) is 0 Å². The van der Waals surface area contributed by atoms with Gasteiger partial charge in [0.1, 0.15) is 5.82 Å². The number of amidine groups is 1. The number of nitrogens with zero attached hydrogens (tertiary/aromatic N) is 2. The lowest BCUT2D eigenvalue weighted by atomic mass is 9.93. The highest BCUT2D eigenvalue weighted by Gasteiger charge is 2.42. The van der Waals surface area contributed by atoms with Crippen molar-refractivity contribution < 1.29 is 23.5 Å². The van der Waals surface area contributed by atoms with Crippen LogP contribution in [0, 0.1) is 5.82 Å². The number of methoxy groups -OCH3 is 1. The Labute approximate surface area is 184 Å². The zero-order chi connectivity index (χ0) is 22.0. The molecular formula is C22H24FN3O4S. The fourth-order valence-corrected chi connectivity index (χ4v) is 4.96. The summed E-state index contributed by atoms with van der Waals surface area (Å²) < 4.78 is 25.3. The van der Waals surface area contributed by atoms with E-state index in [-0.39, 0.29) is 24.0 Å². The van der Waals surface area contributed by atoms with E-state index in [1.807, 2.05) is 5.41 Å². The highest BCUT2D eigenvalue weighted by Crippen LogP contribution is 2.45. The van der Waals surface area contributed by atoms with E-state index in [1.54, 1.807) is 30.0 Å². The number of ether oxygens (including phenoxy) is 2. The molecule has 1 N–H and O–H groups in total. The van der Waals surface area contributed by atoms with Gasteiger partial charge in [-0.05, 0) is 31.2 Å². The molecule has 0 aliphatic carbocycles. The predicted octanol–water partition coefficient (Wildman–Crippen LogP) is 3.26. The van der Waals surface area contributed by atoms with E-state index >= 15 is 0 Å². The van der Waals surface area contributed by atoms with Gasteiger partial charge in [-0.3, -0.25) is 4.79 Å². The zero-order valence-electron chi connectivity index (χ0n) is 17.4. The van der Waals surface area contributed by atoms with Gasteiger partial charge in [0.05, 0.1) is 36.9 Å². The van der Waals surface area contributed by atoms with Crippen molar-refractivity contribution in [2.45, 2.75) is 38.3 Å². The largest absolute Gasteiger partial charge is 0.466 e. The molecule has 2 unspecified atom stereocenters. The smallest absolute Gasteiger partial charge is 0.338 e. The van der Waals surface area contributed by atoms with Crippen molar-refractivity contribution in [3.63, 3.8) is 0 Å². The maximum absolute atomic E-state index is 14.8. The molecule has 3 heterocycles. The van der Waals surface area contributed by atoms with Crippen molar-refractivity contribution in [3.8, 4) is 0 Å². The van der Waals surface area contributed by atoms with Crippen LogP contribution in [-0.2, 0) is 19.1 Å². The van der Waals surface area contributed by atoms with E-state index in [0.717, 1.165) is 19.4 Å². The van der Waals surface area contributed by atoms with Gasteiger partial charge < -0.3 is 19.7 Å². The molecule has 9 heteroatoms. The van der Waals surface area contributed by atoms with Gasteiger partial charge in [-0.1, -0.05) is 30.0 Å². The molecule has 3 aliphatic heterocycles. The Morgan fingerprint density at radius 3 is 2.90 bits per heavy atom. The Hall–Kier alpha value is -2.65. The number of rotatable bonds is 6. The maximum Gasteiger partial charge on any atom is 0.338 e. The minimum Gasteiger partial charge on any atom is -0.466 e. The van der Waals surface area contributed by atoms with Crippen LogP contribution >= 0.6 is 11.8 Å². The summed E-state index contributed by atoms with van der Waals surface area (Å²) in [7, 11) is 1.29. The highest BCUT2D eigenvalue weighted by atomic mass is 32.2. The lowest BCUT2D eigenvalue weighted by Gasteiger charge is -2.36. The molecule has 0 aromatic heterocycles. The molecule has 0 bridgehead atoms. The third-order valence-corrected chi connectivity index (χ3v) is 6.39. The number of aliphatic imine (C=N–C) groups is 1. The average molecular weight is 446 g/mol. The van der Waals surface area contributed by atoms with Crippen molar-refractivity contribution in [1.29, 1.82) is 0 Å². The first-order valence-corrected chi connectivity index (χ1v) is 11.0. The van der Waals surface area contributed by atoms with Gasteiger partial charge in [0.25, 0.3) is 0 Å². The number of halogens is 1. The Bertz CT molecular complexity index is 985. The van der Waals surface area contributed by atoms with Gasteiger partial charge in [0, 0.05) is 24.4 Å². The van der Waals surface area contributed by atoms with E-state index in [1.165, 1.54) is 24.9 Å². The summed E-state index contributed by atoms with van der Waals surface area (Å²) >= 11 is 1.35. The summed E-state index contributed by atoms with van der Waals surface area (Å²) in [6.45, 7) is 2.89. The molecule has 3 aliphatic rings. The quantitative estimate of drug-likeness (QED) is 0.677. The monoisotopic (exact) mass is 445 g/mol. The van der Waals surface area contributed by atoms with Crippen LogP contribution in [0.3, 0.4) is 0 Å². The summed E-state index contributed by atoms with van der Waals surface area (Å²) in [5.41, 5.74) is 1.69. The van der Waals surface area contributed by atoms with Gasteiger partial charge >= 0.3 is 5.97 Å². The number of nitrogens with one attached hydrogen (secondary N) is 1. The van der Waals surface area contributed by atoms with Crippen molar-refractivity contribution in [3.05, 3.63) is 58.0 Å². The number of allylic oxidation sites excluding steroid dienone is 1. The average Bonchev–Trinajstić information content (AvgIpc) is 3.41. The first-order chi connectivity index (χ1) is 15.0. The Morgan fingerprint density at radius 2 is 2.19 bits per heavy atom. The van der Waals surface area contributed by atoms with Crippen molar-refractivity contribution >= 4 is 28.8 Å². The van der Waals surface area contributed by atoms with E-state index < -0.39 is 17.8 Å². The standard InChI is InChI=1S/C22H24FN3O4S/c1-13-19(21(28)29-2)20(16-7-3-4-8-17(16)23)26-14(12-31-22(26)25-13)10-18(27)24-11-15-6-5-9-30-15/h3-4,7-8,12,15,20H,5-6,9-11H2,1-2H3,(H,24,27).